The SMILES string of the molecule is CCC(CC)CC(O)c1ccc(I)cc1. The van der Waals surface area contributed by atoms with Crippen LogP contribution in [0.5, 0.6) is 0 Å². The molecule has 15 heavy (non-hydrogen) atoms. The summed E-state index contributed by atoms with van der Waals surface area (Å²) >= 11 is 2.28. The molecule has 1 atom stereocenters. The van der Waals surface area contributed by atoms with Gasteiger partial charge in [0, 0.05) is 3.57 Å². The fraction of sp³-hybridized carbons (Fsp3) is 0.538. The zero-order valence-electron chi connectivity index (χ0n) is 9.41. The van der Waals surface area contributed by atoms with E-state index >= 15 is 0 Å². The molecule has 0 aromatic heterocycles. The van der Waals surface area contributed by atoms with Gasteiger partial charge in [-0.3, -0.25) is 0 Å². The third kappa shape index (κ3) is 4.11. The van der Waals surface area contributed by atoms with Crippen LogP contribution >= 0.6 is 22.6 Å². The number of halogens is 1. The highest BCUT2D eigenvalue weighted by atomic mass is 127. The Hall–Kier alpha value is -0.0900. The Bertz CT molecular complexity index is 277. The van der Waals surface area contributed by atoms with Gasteiger partial charge in [-0.15, -0.1) is 0 Å². The summed E-state index contributed by atoms with van der Waals surface area (Å²) in [7, 11) is 0. The molecule has 1 aromatic rings. The van der Waals surface area contributed by atoms with Gasteiger partial charge in [0.1, 0.15) is 0 Å². The molecule has 1 unspecified atom stereocenters. The Kier molecular flexibility index (Phi) is 5.61. The maximum atomic E-state index is 10.0. The van der Waals surface area contributed by atoms with Crippen molar-refractivity contribution >= 4 is 22.6 Å². The van der Waals surface area contributed by atoms with E-state index < -0.39 is 0 Å². The molecule has 0 fully saturated rings. The fourth-order valence-corrected chi connectivity index (χ4v) is 2.12. The third-order valence-corrected chi connectivity index (χ3v) is 3.69. The summed E-state index contributed by atoms with van der Waals surface area (Å²) in [6.45, 7) is 4.38. The Labute approximate surface area is 106 Å². The van der Waals surface area contributed by atoms with E-state index in [1.165, 1.54) is 3.57 Å². The molecule has 0 amide bonds. The molecule has 84 valence electrons. The van der Waals surface area contributed by atoms with Crippen molar-refractivity contribution in [1.82, 2.24) is 0 Å². The molecule has 2 heteroatoms. The van der Waals surface area contributed by atoms with Crippen LogP contribution in [0.3, 0.4) is 0 Å². The van der Waals surface area contributed by atoms with Crippen molar-refractivity contribution < 1.29 is 5.11 Å². The normalized spacial score (nSPS) is 13.1. The van der Waals surface area contributed by atoms with Gasteiger partial charge < -0.3 is 5.11 Å². The zero-order valence-corrected chi connectivity index (χ0v) is 11.6. The van der Waals surface area contributed by atoms with Gasteiger partial charge in [0.25, 0.3) is 0 Å². The Balaban J connectivity index is 2.60. The average molecular weight is 318 g/mol. The van der Waals surface area contributed by atoms with Crippen molar-refractivity contribution in [2.45, 2.75) is 39.2 Å². The largest absolute Gasteiger partial charge is 0.388 e. The summed E-state index contributed by atoms with van der Waals surface area (Å²) in [5.74, 6) is 0.638. The first-order valence-corrected chi connectivity index (χ1v) is 6.68. The lowest BCUT2D eigenvalue weighted by Gasteiger charge is -2.17. The van der Waals surface area contributed by atoms with Gasteiger partial charge in [-0.2, -0.15) is 0 Å². The number of hydrogen-bond donors (Lipinski definition) is 1. The summed E-state index contributed by atoms with van der Waals surface area (Å²) in [6, 6.07) is 8.14. The second kappa shape index (κ2) is 6.48. The lowest BCUT2D eigenvalue weighted by Crippen LogP contribution is -2.05. The highest BCUT2D eigenvalue weighted by Gasteiger charge is 2.12. The first kappa shape index (κ1) is 13.0. The topological polar surface area (TPSA) is 20.2 Å². The van der Waals surface area contributed by atoms with Crippen molar-refractivity contribution in [1.29, 1.82) is 0 Å². The Morgan fingerprint density at radius 1 is 1.13 bits per heavy atom. The van der Waals surface area contributed by atoms with Gasteiger partial charge in [-0.05, 0) is 52.6 Å². The Morgan fingerprint density at radius 2 is 1.67 bits per heavy atom. The summed E-state index contributed by atoms with van der Waals surface area (Å²) in [4.78, 5) is 0. The van der Waals surface area contributed by atoms with E-state index in [-0.39, 0.29) is 6.10 Å². The fourth-order valence-electron chi connectivity index (χ4n) is 1.76. The molecule has 0 bridgehead atoms. The Morgan fingerprint density at radius 3 is 2.13 bits per heavy atom. The molecule has 1 aromatic carbocycles. The van der Waals surface area contributed by atoms with E-state index in [4.69, 9.17) is 0 Å². The van der Waals surface area contributed by atoms with Gasteiger partial charge in [-0.25, -0.2) is 0 Å². The lowest BCUT2D eigenvalue weighted by atomic mass is 9.93. The van der Waals surface area contributed by atoms with Crippen LogP contribution in [0.15, 0.2) is 24.3 Å². The number of aliphatic hydroxyl groups excluding tert-OH is 1. The summed E-state index contributed by atoms with van der Waals surface area (Å²) in [5, 5.41) is 10.0. The second-order valence-corrected chi connectivity index (χ2v) is 5.23. The molecule has 0 spiro atoms. The quantitative estimate of drug-likeness (QED) is 0.809. The molecule has 0 heterocycles. The van der Waals surface area contributed by atoms with Crippen LogP contribution in [-0.4, -0.2) is 5.11 Å². The van der Waals surface area contributed by atoms with Crippen molar-refractivity contribution in [2.75, 3.05) is 0 Å². The molecule has 0 saturated heterocycles. The van der Waals surface area contributed by atoms with Crippen LogP contribution in [0, 0.1) is 9.49 Å². The van der Waals surface area contributed by atoms with E-state index in [2.05, 4.69) is 36.4 Å². The molecule has 1 nitrogen and oxygen atoms in total. The van der Waals surface area contributed by atoms with Gasteiger partial charge in [-0.1, -0.05) is 38.8 Å². The highest BCUT2D eigenvalue weighted by molar-refractivity contribution is 14.1. The zero-order chi connectivity index (χ0) is 11.3. The molecule has 0 aliphatic carbocycles. The van der Waals surface area contributed by atoms with Crippen LogP contribution < -0.4 is 0 Å². The van der Waals surface area contributed by atoms with Crippen molar-refractivity contribution in [3.05, 3.63) is 33.4 Å². The summed E-state index contributed by atoms with van der Waals surface area (Å²) < 4.78 is 1.21. The molecule has 0 aliphatic heterocycles. The first-order valence-electron chi connectivity index (χ1n) is 5.60. The highest BCUT2D eigenvalue weighted by Crippen LogP contribution is 2.25. The van der Waals surface area contributed by atoms with Crippen molar-refractivity contribution in [3.8, 4) is 0 Å². The average Bonchev–Trinajstić information content (AvgIpc) is 2.26. The molecule has 0 aliphatic rings. The van der Waals surface area contributed by atoms with Gasteiger partial charge in [0.2, 0.25) is 0 Å². The van der Waals surface area contributed by atoms with E-state index in [0.29, 0.717) is 5.92 Å². The smallest absolute Gasteiger partial charge is 0.0792 e. The van der Waals surface area contributed by atoms with Gasteiger partial charge in [0.15, 0.2) is 0 Å². The predicted octanol–water partition coefficient (Wildman–Crippen LogP) is 4.15. The van der Waals surface area contributed by atoms with E-state index in [0.717, 1.165) is 24.8 Å². The lowest BCUT2D eigenvalue weighted by molar-refractivity contribution is 0.141. The molecular formula is C13H19IO. The molecular weight excluding hydrogens is 299 g/mol. The first-order chi connectivity index (χ1) is 7.17. The van der Waals surface area contributed by atoms with Gasteiger partial charge >= 0.3 is 0 Å². The number of aliphatic hydroxyl groups is 1. The van der Waals surface area contributed by atoms with Crippen LogP contribution in [0.25, 0.3) is 0 Å². The predicted molar refractivity (Wildman–Crippen MR) is 72.8 cm³/mol. The maximum absolute atomic E-state index is 10.0. The monoisotopic (exact) mass is 318 g/mol. The van der Waals surface area contributed by atoms with Crippen LogP contribution in [0.1, 0.15) is 44.8 Å². The maximum Gasteiger partial charge on any atom is 0.0792 e. The minimum atomic E-state index is -0.299. The molecule has 1 rings (SSSR count). The van der Waals surface area contributed by atoms with E-state index in [9.17, 15) is 5.11 Å². The minimum Gasteiger partial charge on any atom is -0.388 e. The van der Waals surface area contributed by atoms with Crippen LogP contribution in [0.2, 0.25) is 0 Å². The van der Waals surface area contributed by atoms with E-state index in [1.807, 2.05) is 24.3 Å². The van der Waals surface area contributed by atoms with Crippen molar-refractivity contribution in [2.24, 2.45) is 5.92 Å². The van der Waals surface area contributed by atoms with E-state index in [1.54, 1.807) is 0 Å². The van der Waals surface area contributed by atoms with Crippen molar-refractivity contribution in [3.63, 3.8) is 0 Å². The van der Waals surface area contributed by atoms with Gasteiger partial charge in [0.05, 0.1) is 6.10 Å². The summed E-state index contributed by atoms with van der Waals surface area (Å²) in [5.41, 5.74) is 1.04. The molecule has 1 N–H and O–H groups in total. The second-order valence-electron chi connectivity index (χ2n) is 3.99. The molecule has 0 radical (unpaired) electrons. The third-order valence-electron chi connectivity index (χ3n) is 2.97. The number of hydrogen-bond acceptors (Lipinski definition) is 1. The minimum absolute atomic E-state index is 0.299. The standard InChI is InChI=1S/C13H19IO/c1-3-10(4-2)9-13(15)11-5-7-12(14)8-6-11/h5-8,10,13,15H,3-4,9H2,1-2H3. The summed E-state index contributed by atoms with van der Waals surface area (Å²) in [6.07, 6.45) is 2.88. The molecule has 0 saturated carbocycles. The van der Waals surface area contributed by atoms with Crippen LogP contribution in [0.4, 0.5) is 0 Å². The number of rotatable bonds is 5. The number of benzene rings is 1. The van der Waals surface area contributed by atoms with Crippen LogP contribution in [-0.2, 0) is 0 Å².